The zero-order valence-corrected chi connectivity index (χ0v) is 11.8. The van der Waals surface area contributed by atoms with Crippen molar-refractivity contribution in [3.63, 3.8) is 0 Å². The average molecular weight is 305 g/mol. The van der Waals surface area contributed by atoms with Crippen molar-refractivity contribution in [1.82, 2.24) is 4.57 Å². The van der Waals surface area contributed by atoms with Crippen LogP contribution in [-0.4, -0.2) is 34.8 Å². The van der Waals surface area contributed by atoms with E-state index in [4.69, 9.17) is 15.6 Å². The molecule has 3 N–H and O–H groups in total. The number of carboxylic acids is 1. The Morgan fingerprint density at radius 1 is 1.45 bits per heavy atom. The summed E-state index contributed by atoms with van der Waals surface area (Å²) >= 11 is 0. The number of hydrogen-bond donors (Lipinski definition) is 2. The molecule has 1 aromatic heterocycles. The topological polar surface area (TPSA) is 112 Å². The third kappa shape index (κ3) is 4.36. The van der Waals surface area contributed by atoms with Gasteiger partial charge in [0.25, 0.3) is 0 Å². The summed E-state index contributed by atoms with van der Waals surface area (Å²) in [6.45, 7) is 2.45. The summed E-state index contributed by atoms with van der Waals surface area (Å²) in [6.07, 6.45) is 1.74. The first-order valence-corrected chi connectivity index (χ1v) is 5.86. The Morgan fingerprint density at radius 3 is 2.60 bits per heavy atom. The molecule has 8 heteroatoms. The fraction of sp³-hybridized carbons (Fsp3) is 0.417. The van der Waals surface area contributed by atoms with E-state index in [0.717, 1.165) is 6.07 Å². The summed E-state index contributed by atoms with van der Waals surface area (Å²) in [4.78, 5) is 34.3. The standard InChI is InChI=1S/C12H16N2O5.ClH/c1-2-19-12(18)8-7-14(5-3-4-13)9(11(16)17)6-10(8)15;/h6-7H,2-5,13H2,1H3,(H,16,17);1H. The smallest absolute Gasteiger partial charge is 0.352 e. The normalized spacial score (nSPS) is 9.70. The highest BCUT2D eigenvalue weighted by Gasteiger charge is 2.17. The van der Waals surface area contributed by atoms with E-state index in [-0.39, 0.29) is 30.3 Å². The largest absolute Gasteiger partial charge is 0.477 e. The van der Waals surface area contributed by atoms with E-state index in [1.54, 1.807) is 6.92 Å². The first kappa shape index (κ1) is 18.1. The van der Waals surface area contributed by atoms with Gasteiger partial charge >= 0.3 is 11.9 Å². The van der Waals surface area contributed by atoms with Crippen LogP contribution in [0.2, 0.25) is 0 Å². The lowest BCUT2D eigenvalue weighted by molar-refractivity contribution is 0.0521. The fourth-order valence-corrected chi connectivity index (χ4v) is 1.57. The second-order valence-electron chi connectivity index (χ2n) is 3.80. The Balaban J connectivity index is 0.00000361. The van der Waals surface area contributed by atoms with Crippen molar-refractivity contribution < 1.29 is 19.4 Å². The molecular weight excluding hydrogens is 288 g/mol. The first-order chi connectivity index (χ1) is 9.01. The highest BCUT2D eigenvalue weighted by Crippen LogP contribution is 2.04. The monoisotopic (exact) mass is 304 g/mol. The summed E-state index contributed by atoms with van der Waals surface area (Å²) in [6, 6.07) is 0.922. The zero-order valence-electron chi connectivity index (χ0n) is 11.0. The van der Waals surface area contributed by atoms with Gasteiger partial charge in [0.2, 0.25) is 0 Å². The third-order valence-corrected chi connectivity index (χ3v) is 2.45. The SMILES string of the molecule is CCOC(=O)c1cn(CCCN)c(C(=O)O)cc1=O.Cl. The van der Waals surface area contributed by atoms with Crippen LogP contribution in [0.5, 0.6) is 0 Å². The van der Waals surface area contributed by atoms with Crippen molar-refractivity contribution in [1.29, 1.82) is 0 Å². The van der Waals surface area contributed by atoms with E-state index >= 15 is 0 Å². The van der Waals surface area contributed by atoms with Crippen LogP contribution in [0.4, 0.5) is 0 Å². The lowest BCUT2D eigenvalue weighted by Crippen LogP contribution is -2.24. The molecule has 0 aromatic carbocycles. The van der Waals surface area contributed by atoms with Gasteiger partial charge in [-0.15, -0.1) is 12.4 Å². The number of rotatable bonds is 6. The van der Waals surface area contributed by atoms with Crippen LogP contribution in [0.3, 0.4) is 0 Å². The maximum atomic E-state index is 11.7. The maximum absolute atomic E-state index is 11.7. The number of aromatic nitrogens is 1. The average Bonchev–Trinajstić information content (AvgIpc) is 2.36. The van der Waals surface area contributed by atoms with Crippen LogP contribution in [0.25, 0.3) is 0 Å². The Morgan fingerprint density at radius 2 is 2.10 bits per heavy atom. The lowest BCUT2D eigenvalue weighted by atomic mass is 10.2. The number of pyridine rings is 1. The molecule has 0 aliphatic rings. The van der Waals surface area contributed by atoms with Crippen molar-refractivity contribution >= 4 is 24.3 Å². The molecule has 112 valence electrons. The van der Waals surface area contributed by atoms with Gasteiger partial charge in [-0.25, -0.2) is 9.59 Å². The second-order valence-corrected chi connectivity index (χ2v) is 3.80. The van der Waals surface area contributed by atoms with Crippen molar-refractivity contribution in [2.75, 3.05) is 13.2 Å². The van der Waals surface area contributed by atoms with Gasteiger partial charge in [0, 0.05) is 18.8 Å². The van der Waals surface area contributed by atoms with Crippen molar-refractivity contribution in [3.8, 4) is 0 Å². The number of esters is 1. The van der Waals surface area contributed by atoms with Gasteiger partial charge in [0.1, 0.15) is 11.3 Å². The van der Waals surface area contributed by atoms with Gasteiger partial charge in [-0.3, -0.25) is 4.79 Å². The second kappa shape index (κ2) is 8.34. The predicted molar refractivity (Wildman–Crippen MR) is 74.5 cm³/mol. The number of nitrogens with two attached hydrogens (primary N) is 1. The zero-order chi connectivity index (χ0) is 14.4. The first-order valence-electron chi connectivity index (χ1n) is 5.86. The molecule has 0 saturated carbocycles. The van der Waals surface area contributed by atoms with E-state index < -0.39 is 17.4 Å². The molecule has 0 aliphatic carbocycles. The molecule has 1 rings (SSSR count). The number of aryl methyl sites for hydroxylation is 1. The molecule has 0 fully saturated rings. The summed E-state index contributed by atoms with van der Waals surface area (Å²) < 4.78 is 6.07. The van der Waals surface area contributed by atoms with Gasteiger partial charge in [0.05, 0.1) is 6.61 Å². The molecule has 0 unspecified atom stereocenters. The number of hydrogen-bond acceptors (Lipinski definition) is 5. The summed E-state index contributed by atoms with van der Waals surface area (Å²) in [7, 11) is 0. The number of halogens is 1. The summed E-state index contributed by atoms with van der Waals surface area (Å²) in [5, 5.41) is 9.02. The number of carbonyl (C=O) groups excluding carboxylic acids is 1. The predicted octanol–water partition coefficient (Wildman–Crippen LogP) is 0.494. The molecule has 20 heavy (non-hydrogen) atoms. The van der Waals surface area contributed by atoms with E-state index in [0.29, 0.717) is 19.5 Å². The number of ether oxygens (including phenoxy) is 1. The Hall–Kier alpha value is -1.86. The van der Waals surface area contributed by atoms with Crippen LogP contribution >= 0.6 is 12.4 Å². The molecule has 7 nitrogen and oxygen atoms in total. The number of carboxylic acid groups (broad SMARTS) is 1. The quantitative estimate of drug-likeness (QED) is 0.740. The molecule has 0 amide bonds. The lowest BCUT2D eigenvalue weighted by Gasteiger charge is -2.11. The minimum absolute atomic E-state index is 0. The van der Waals surface area contributed by atoms with Crippen LogP contribution in [0, 0.1) is 0 Å². The van der Waals surface area contributed by atoms with Crippen molar-refractivity contribution in [2.45, 2.75) is 19.9 Å². The maximum Gasteiger partial charge on any atom is 0.352 e. The van der Waals surface area contributed by atoms with Gasteiger partial charge in [-0.1, -0.05) is 0 Å². The minimum atomic E-state index is -1.23. The highest BCUT2D eigenvalue weighted by molar-refractivity contribution is 5.91. The van der Waals surface area contributed by atoms with Crippen molar-refractivity contribution in [2.24, 2.45) is 5.73 Å². The molecule has 1 aromatic rings. The molecule has 0 atom stereocenters. The molecule has 0 saturated heterocycles. The molecule has 1 heterocycles. The Bertz CT molecular complexity index is 541. The number of nitrogens with zero attached hydrogens (tertiary/aromatic N) is 1. The fourth-order valence-electron chi connectivity index (χ4n) is 1.57. The summed E-state index contributed by atoms with van der Waals surface area (Å²) in [5.41, 5.74) is 4.35. The van der Waals surface area contributed by atoms with Crippen LogP contribution in [0.15, 0.2) is 17.1 Å². The number of carbonyl (C=O) groups is 2. The molecule has 0 spiro atoms. The van der Waals surface area contributed by atoms with Gasteiger partial charge < -0.3 is 20.1 Å². The highest BCUT2D eigenvalue weighted by atomic mass is 35.5. The molecule has 0 radical (unpaired) electrons. The van der Waals surface area contributed by atoms with Crippen LogP contribution < -0.4 is 11.2 Å². The van der Waals surface area contributed by atoms with E-state index in [9.17, 15) is 14.4 Å². The van der Waals surface area contributed by atoms with Gasteiger partial charge in [-0.05, 0) is 19.9 Å². The van der Waals surface area contributed by atoms with Crippen LogP contribution in [0.1, 0.15) is 34.2 Å². The molecule has 0 aliphatic heterocycles. The third-order valence-electron chi connectivity index (χ3n) is 2.45. The molecule has 0 bridgehead atoms. The van der Waals surface area contributed by atoms with E-state index in [1.165, 1.54) is 10.8 Å². The number of aromatic carboxylic acids is 1. The van der Waals surface area contributed by atoms with Crippen molar-refractivity contribution in [3.05, 3.63) is 33.7 Å². The van der Waals surface area contributed by atoms with Gasteiger partial charge in [0.15, 0.2) is 5.43 Å². The van der Waals surface area contributed by atoms with Gasteiger partial charge in [-0.2, -0.15) is 0 Å². The summed E-state index contributed by atoms with van der Waals surface area (Å²) in [5.74, 6) is -1.99. The minimum Gasteiger partial charge on any atom is -0.477 e. The Kier molecular flexibility index (Phi) is 7.56. The van der Waals surface area contributed by atoms with E-state index in [2.05, 4.69) is 0 Å². The Labute approximate surface area is 121 Å². The molecular formula is C12H17ClN2O5. The van der Waals surface area contributed by atoms with E-state index in [1.807, 2.05) is 0 Å². The van der Waals surface area contributed by atoms with Crippen LogP contribution in [-0.2, 0) is 11.3 Å².